The van der Waals surface area contributed by atoms with Crippen molar-refractivity contribution in [2.45, 2.75) is 82.1 Å². The minimum atomic E-state index is -0.763. The Labute approximate surface area is 186 Å². The van der Waals surface area contributed by atoms with Crippen molar-refractivity contribution in [3.63, 3.8) is 0 Å². The minimum Gasteiger partial charge on any atom is -0.481 e. The molecule has 0 aliphatic heterocycles. The first-order chi connectivity index (χ1) is 13.0. The number of likely N-dealkylation sites (N-methyl/N-ethyl adjacent to an activating group) is 1. The van der Waals surface area contributed by atoms with Crippen LogP contribution in [0.2, 0.25) is 0 Å². The first kappa shape index (κ1) is 28.9. The van der Waals surface area contributed by atoms with E-state index in [4.69, 9.17) is 4.74 Å². The number of esters is 1. The van der Waals surface area contributed by atoms with Crippen molar-refractivity contribution < 1.29 is 23.9 Å². The summed E-state index contributed by atoms with van der Waals surface area (Å²) in [6.45, 7) is 21.8. The van der Waals surface area contributed by atoms with Crippen LogP contribution in [0.5, 0.6) is 0 Å². The smallest absolute Gasteiger partial charge is 0.309 e. The second kappa shape index (κ2) is 9.58. The molecule has 0 aliphatic rings. The number of hydrogen-bond acceptors (Lipinski definition) is 3. The number of carboxylic acids is 1. The van der Waals surface area contributed by atoms with Crippen LogP contribution < -0.4 is 0 Å². The van der Waals surface area contributed by atoms with Gasteiger partial charge in [0.15, 0.2) is 0 Å². The molecule has 0 amide bonds. The summed E-state index contributed by atoms with van der Waals surface area (Å²) in [4.78, 5) is 25.3. The summed E-state index contributed by atoms with van der Waals surface area (Å²) in [6.07, 6.45) is 1.17. The van der Waals surface area contributed by atoms with Gasteiger partial charge in [-0.2, -0.15) is 0 Å². The van der Waals surface area contributed by atoms with Crippen LogP contribution in [-0.2, 0) is 14.3 Å². The van der Waals surface area contributed by atoms with E-state index in [9.17, 15) is 14.7 Å². The maximum atomic E-state index is 13.1. The third-order valence-corrected chi connectivity index (χ3v) is 6.78. The molecular formula is C25H50NO4+. The fraction of sp³-hybridized carbons (Fsp3) is 0.920. The molecule has 0 aromatic rings. The Balaban J connectivity index is 5.73. The predicted octanol–water partition coefficient (Wildman–Crippen LogP) is 5.48. The zero-order chi connectivity index (χ0) is 24.3. The average molecular weight is 429 g/mol. The van der Waals surface area contributed by atoms with Crippen LogP contribution in [0.15, 0.2) is 0 Å². The first-order valence-electron chi connectivity index (χ1n) is 11.2. The minimum absolute atomic E-state index is 0.0933. The van der Waals surface area contributed by atoms with Crippen LogP contribution >= 0.6 is 0 Å². The van der Waals surface area contributed by atoms with Gasteiger partial charge in [0.05, 0.1) is 33.0 Å². The summed E-state index contributed by atoms with van der Waals surface area (Å²) in [5.74, 6) is -1.74. The van der Waals surface area contributed by atoms with Crippen molar-refractivity contribution >= 4 is 11.9 Å². The molecule has 0 aliphatic carbocycles. The van der Waals surface area contributed by atoms with Crippen molar-refractivity contribution in [2.75, 3.05) is 34.3 Å². The molecule has 0 radical (unpaired) electrons. The molecule has 5 nitrogen and oxygen atoms in total. The molecule has 0 saturated carbocycles. The monoisotopic (exact) mass is 428 g/mol. The standard InChI is InChI=1S/C25H49NO4/c1-22(2,3)16-18(20(27)28)25(9,10)24(7,8)17-19(23(4,5)6)21(29)30-15-14-26(11,12)13/h18-19H,14-17H2,1-13H3/p+1. The second-order valence-corrected chi connectivity index (χ2v) is 13.6. The Morgan fingerprint density at radius 2 is 1.30 bits per heavy atom. The number of hydrogen-bond donors (Lipinski definition) is 1. The summed E-state index contributed by atoms with van der Waals surface area (Å²) in [7, 11) is 6.21. The largest absolute Gasteiger partial charge is 0.481 e. The van der Waals surface area contributed by atoms with Gasteiger partial charge in [-0.1, -0.05) is 69.2 Å². The number of carbonyl (C=O) groups is 2. The van der Waals surface area contributed by atoms with E-state index in [1.54, 1.807) is 0 Å². The zero-order valence-corrected chi connectivity index (χ0v) is 22.1. The molecule has 0 rings (SSSR count). The maximum Gasteiger partial charge on any atom is 0.309 e. The molecule has 1 N–H and O–H groups in total. The third kappa shape index (κ3) is 8.95. The Kier molecular flexibility index (Phi) is 9.23. The van der Waals surface area contributed by atoms with Crippen LogP contribution in [0.4, 0.5) is 0 Å². The van der Waals surface area contributed by atoms with Gasteiger partial charge in [-0.25, -0.2) is 0 Å². The van der Waals surface area contributed by atoms with Gasteiger partial charge < -0.3 is 14.3 Å². The lowest BCUT2D eigenvalue weighted by Gasteiger charge is -2.49. The highest BCUT2D eigenvalue weighted by molar-refractivity contribution is 5.73. The van der Waals surface area contributed by atoms with Gasteiger partial charge in [-0.05, 0) is 34.5 Å². The predicted molar refractivity (Wildman–Crippen MR) is 124 cm³/mol. The van der Waals surface area contributed by atoms with Gasteiger partial charge in [-0.15, -0.1) is 0 Å². The van der Waals surface area contributed by atoms with Gasteiger partial charge >= 0.3 is 11.9 Å². The number of rotatable bonds is 10. The van der Waals surface area contributed by atoms with Crippen molar-refractivity contribution in [1.29, 1.82) is 0 Å². The molecule has 30 heavy (non-hydrogen) atoms. The SMILES string of the molecule is CC(C)(C)CC(C(=O)O)C(C)(C)C(C)(C)CC(C(=O)OCC[N+](C)(C)C)C(C)(C)C. The van der Waals surface area contributed by atoms with Crippen molar-refractivity contribution in [2.24, 2.45) is 33.5 Å². The van der Waals surface area contributed by atoms with Gasteiger partial charge in [0, 0.05) is 0 Å². The molecule has 178 valence electrons. The van der Waals surface area contributed by atoms with E-state index in [2.05, 4.69) is 76.5 Å². The zero-order valence-electron chi connectivity index (χ0n) is 22.1. The van der Waals surface area contributed by atoms with Gasteiger partial charge in [0.25, 0.3) is 0 Å². The van der Waals surface area contributed by atoms with Crippen LogP contribution in [-0.4, -0.2) is 55.8 Å². The molecule has 0 fully saturated rings. The Morgan fingerprint density at radius 3 is 1.63 bits per heavy atom. The van der Waals surface area contributed by atoms with Crippen molar-refractivity contribution in [3.8, 4) is 0 Å². The highest BCUT2D eigenvalue weighted by atomic mass is 16.5. The van der Waals surface area contributed by atoms with Crippen LogP contribution in [0.1, 0.15) is 82.1 Å². The molecule has 2 unspecified atom stereocenters. The van der Waals surface area contributed by atoms with E-state index in [0.29, 0.717) is 19.4 Å². The van der Waals surface area contributed by atoms with Crippen LogP contribution in [0.3, 0.4) is 0 Å². The number of aliphatic carboxylic acids is 1. The topological polar surface area (TPSA) is 63.6 Å². The quantitative estimate of drug-likeness (QED) is 0.370. The summed E-state index contributed by atoms with van der Waals surface area (Å²) in [5, 5.41) is 10.0. The summed E-state index contributed by atoms with van der Waals surface area (Å²) in [5.41, 5.74) is -1.25. The van der Waals surface area contributed by atoms with Crippen LogP contribution in [0, 0.1) is 33.5 Å². The number of quaternary nitrogens is 1. The Hall–Kier alpha value is -1.10. The van der Waals surface area contributed by atoms with E-state index in [-0.39, 0.29) is 28.1 Å². The van der Waals surface area contributed by atoms with Crippen LogP contribution in [0.25, 0.3) is 0 Å². The molecule has 0 saturated heterocycles. The van der Waals surface area contributed by atoms with Gasteiger partial charge in [0.1, 0.15) is 13.2 Å². The molecule has 2 atom stereocenters. The molecule has 0 aromatic heterocycles. The Bertz CT molecular complexity index is 586. The number of carbonyl (C=O) groups excluding carboxylic acids is 1. The molecule has 0 heterocycles. The molecule has 0 aromatic carbocycles. The first-order valence-corrected chi connectivity index (χ1v) is 11.2. The number of ether oxygens (including phenoxy) is 1. The lowest BCUT2D eigenvalue weighted by Crippen LogP contribution is -2.47. The van der Waals surface area contributed by atoms with E-state index >= 15 is 0 Å². The fourth-order valence-electron chi connectivity index (χ4n) is 3.77. The fourth-order valence-corrected chi connectivity index (χ4v) is 3.77. The van der Waals surface area contributed by atoms with E-state index < -0.39 is 17.3 Å². The molecular weight excluding hydrogens is 378 g/mol. The van der Waals surface area contributed by atoms with E-state index in [0.717, 1.165) is 11.0 Å². The average Bonchev–Trinajstić information content (AvgIpc) is 2.46. The lowest BCUT2D eigenvalue weighted by atomic mass is 9.55. The summed E-state index contributed by atoms with van der Waals surface area (Å²) in [6, 6.07) is 0. The number of nitrogens with zero attached hydrogens (tertiary/aromatic N) is 1. The highest BCUT2D eigenvalue weighted by Gasteiger charge is 2.50. The molecule has 0 spiro atoms. The van der Waals surface area contributed by atoms with Gasteiger partial charge in [0.2, 0.25) is 0 Å². The molecule has 0 bridgehead atoms. The van der Waals surface area contributed by atoms with E-state index in [1.807, 2.05) is 13.8 Å². The van der Waals surface area contributed by atoms with Crippen molar-refractivity contribution in [1.82, 2.24) is 0 Å². The molecule has 5 heteroatoms. The summed E-state index contributed by atoms with van der Waals surface area (Å²) >= 11 is 0. The lowest BCUT2D eigenvalue weighted by molar-refractivity contribution is -0.870. The maximum absolute atomic E-state index is 13.1. The Morgan fingerprint density at radius 1 is 0.833 bits per heavy atom. The van der Waals surface area contributed by atoms with E-state index in [1.165, 1.54) is 0 Å². The number of carboxylic acid groups (broad SMARTS) is 1. The van der Waals surface area contributed by atoms with Gasteiger partial charge in [-0.3, -0.25) is 9.59 Å². The van der Waals surface area contributed by atoms with Crippen molar-refractivity contribution in [3.05, 3.63) is 0 Å². The normalized spacial score (nSPS) is 16.2. The third-order valence-electron chi connectivity index (χ3n) is 6.78. The second-order valence-electron chi connectivity index (χ2n) is 13.6. The highest BCUT2D eigenvalue weighted by Crippen LogP contribution is 2.53. The summed E-state index contributed by atoms with van der Waals surface area (Å²) < 4.78 is 6.42.